The number of para-hydroxylation sites is 1. The topological polar surface area (TPSA) is 61.4 Å². The molecule has 0 saturated carbocycles. The lowest BCUT2D eigenvalue weighted by Gasteiger charge is -2.19. The van der Waals surface area contributed by atoms with Gasteiger partial charge in [-0.25, -0.2) is 4.72 Å². The maximum atomic E-state index is 11.6. The maximum absolute atomic E-state index is 11.6. The molecule has 5 nitrogen and oxygen atoms in total. The first kappa shape index (κ1) is 14.3. The molecule has 1 aliphatic heterocycles. The molecule has 0 bridgehead atoms. The summed E-state index contributed by atoms with van der Waals surface area (Å²) >= 11 is 0. The third-order valence-electron chi connectivity index (χ3n) is 3.05. The van der Waals surface area contributed by atoms with E-state index in [0.717, 1.165) is 13.0 Å². The van der Waals surface area contributed by atoms with Gasteiger partial charge in [0.05, 0.1) is 0 Å². The molecule has 2 rings (SSSR count). The van der Waals surface area contributed by atoms with E-state index < -0.39 is 10.2 Å². The van der Waals surface area contributed by atoms with Crippen molar-refractivity contribution in [2.45, 2.75) is 26.3 Å². The van der Waals surface area contributed by atoms with Gasteiger partial charge in [0.2, 0.25) is 0 Å². The molecule has 0 radical (unpaired) electrons. The number of anilines is 1. The second-order valence-electron chi connectivity index (χ2n) is 5.04. The molecule has 0 atom stereocenters. The maximum Gasteiger partial charge on any atom is 0.277 e. The molecule has 19 heavy (non-hydrogen) atoms. The molecule has 1 aliphatic rings. The number of nitrogens with one attached hydrogen (secondary N) is 2. The van der Waals surface area contributed by atoms with Gasteiger partial charge in [-0.2, -0.15) is 13.1 Å². The number of rotatable bonds is 6. The van der Waals surface area contributed by atoms with Crippen LogP contribution in [-0.4, -0.2) is 34.1 Å². The Balaban J connectivity index is 1.85. The van der Waals surface area contributed by atoms with E-state index in [1.54, 1.807) is 13.8 Å². The minimum Gasteiger partial charge on any atom is -0.370 e. The van der Waals surface area contributed by atoms with Gasteiger partial charge in [-0.1, -0.05) is 18.2 Å². The van der Waals surface area contributed by atoms with Gasteiger partial charge in [0.1, 0.15) is 0 Å². The van der Waals surface area contributed by atoms with Crippen LogP contribution in [0.3, 0.4) is 0 Å². The normalized spacial score (nSPS) is 15.0. The molecule has 2 N–H and O–H groups in total. The lowest BCUT2D eigenvalue weighted by atomic mass is 10.2. The first-order valence-electron chi connectivity index (χ1n) is 6.58. The predicted octanol–water partition coefficient (Wildman–Crippen LogP) is 0.882. The fourth-order valence-electron chi connectivity index (χ4n) is 2.31. The molecule has 0 unspecified atom stereocenters. The van der Waals surface area contributed by atoms with Crippen LogP contribution in [0, 0.1) is 0 Å². The molecule has 0 aliphatic carbocycles. The van der Waals surface area contributed by atoms with E-state index in [1.807, 2.05) is 12.1 Å². The third kappa shape index (κ3) is 3.92. The second-order valence-corrected chi connectivity index (χ2v) is 6.57. The van der Waals surface area contributed by atoms with Gasteiger partial charge >= 0.3 is 0 Å². The largest absolute Gasteiger partial charge is 0.370 e. The smallest absolute Gasteiger partial charge is 0.277 e. The van der Waals surface area contributed by atoms with Crippen molar-refractivity contribution in [1.29, 1.82) is 0 Å². The van der Waals surface area contributed by atoms with Crippen molar-refractivity contribution in [3.8, 4) is 0 Å². The minimum atomic E-state index is -3.38. The zero-order valence-electron chi connectivity index (χ0n) is 11.4. The number of hydrogen-bond donors (Lipinski definition) is 2. The van der Waals surface area contributed by atoms with E-state index in [4.69, 9.17) is 0 Å². The predicted molar refractivity (Wildman–Crippen MR) is 77.6 cm³/mol. The Morgan fingerprint density at radius 3 is 2.79 bits per heavy atom. The van der Waals surface area contributed by atoms with Crippen LogP contribution < -0.4 is 14.3 Å². The molecule has 106 valence electrons. The molecule has 6 heteroatoms. The summed E-state index contributed by atoms with van der Waals surface area (Å²) in [6.45, 7) is 5.66. The van der Waals surface area contributed by atoms with E-state index in [2.05, 4.69) is 26.5 Å². The monoisotopic (exact) mass is 283 g/mol. The van der Waals surface area contributed by atoms with Crippen molar-refractivity contribution >= 4 is 15.9 Å². The van der Waals surface area contributed by atoms with E-state index in [-0.39, 0.29) is 6.04 Å². The standard InChI is InChI=1S/C13H21N3O2S/c1-11(2)15-19(17,18)14-8-10-16-9-7-12-5-3-4-6-13(12)16/h3-6,11,14-15H,7-10H2,1-2H3. The van der Waals surface area contributed by atoms with Gasteiger partial charge in [-0.3, -0.25) is 0 Å². The average molecular weight is 283 g/mol. The van der Waals surface area contributed by atoms with Crippen molar-refractivity contribution in [3.63, 3.8) is 0 Å². The summed E-state index contributed by atoms with van der Waals surface area (Å²) in [5, 5.41) is 0. The highest BCUT2D eigenvalue weighted by atomic mass is 32.2. The van der Waals surface area contributed by atoms with Crippen LogP contribution in [-0.2, 0) is 16.6 Å². The summed E-state index contributed by atoms with van der Waals surface area (Å²) in [7, 11) is -3.38. The fraction of sp³-hybridized carbons (Fsp3) is 0.538. The van der Waals surface area contributed by atoms with Crippen molar-refractivity contribution in [1.82, 2.24) is 9.44 Å². The van der Waals surface area contributed by atoms with Gasteiger partial charge in [0.25, 0.3) is 10.2 Å². The van der Waals surface area contributed by atoms with Gasteiger partial charge in [0, 0.05) is 31.4 Å². The van der Waals surface area contributed by atoms with Gasteiger partial charge in [-0.15, -0.1) is 0 Å². The molecule has 1 aromatic carbocycles. The highest BCUT2D eigenvalue weighted by molar-refractivity contribution is 7.87. The summed E-state index contributed by atoms with van der Waals surface area (Å²) in [4.78, 5) is 2.22. The van der Waals surface area contributed by atoms with Crippen molar-refractivity contribution < 1.29 is 8.42 Å². The van der Waals surface area contributed by atoms with E-state index in [1.165, 1.54) is 11.3 Å². The Morgan fingerprint density at radius 2 is 2.05 bits per heavy atom. The number of benzene rings is 1. The summed E-state index contributed by atoms with van der Waals surface area (Å²) in [6.07, 6.45) is 1.03. The lowest BCUT2D eigenvalue weighted by Crippen LogP contribution is -2.43. The molecular formula is C13H21N3O2S. The molecule has 1 aromatic rings. The Bertz CT molecular complexity index is 528. The summed E-state index contributed by atoms with van der Waals surface area (Å²) in [5.41, 5.74) is 2.56. The van der Waals surface area contributed by atoms with Crippen LogP contribution in [0.2, 0.25) is 0 Å². The van der Waals surface area contributed by atoms with Crippen molar-refractivity contribution in [2.24, 2.45) is 0 Å². The summed E-state index contributed by atoms with van der Waals surface area (Å²) in [5.74, 6) is 0. The SMILES string of the molecule is CC(C)NS(=O)(=O)NCCN1CCc2ccccc21. The lowest BCUT2D eigenvalue weighted by molar-refractivity contribution is 0.554. The van der Waals surface area contributed by atoms with Gasteiger partial charge in [-0.05, 0) is 31.9 Å². The zero-order valence-corrected chi connectivity index (χ0v) is 12.2. The van der Waals surface area contributed by atoms with Crippen LogP contribution >= 0.6 is 0 Å². The Hall–Kier alpha value is -1.11. The minimum absolute atomic E-state index is 0.0926. The van der Waals surface area contributed by atoms with Crippen LogP contribution in [0.4, 0.5) is 5.69 Å². The van der Waals surface area contributed by atoms with Gasteiger partial charge < -0.3 is 4.90 Å². The van der Waals surface area contributed by atoms with E-state index >= 15 is 0 Å². The van der Waals surface area contributed by atoms with Crippen LogP contribution in [0.25, 0.3) is 0 Å². The number of nitrogens with zero attached hydrogens (tertiary/aromatic N) is 1. The first-order chi connectivity index (χ1) is 8.98. The molecular weight excluding hydrogens is 262 g/mol. The number of fused-ring (bicyclic) bond motifs is 1. The summed E-state index contributed by atoms with van der Waals surface area (Å²) in [6, 6.07) is 8.17. The van der Waals surface area contributed by atoms with Crippen LogP contribution in [0.15, 0.2) is 24.3 Å². The van der Waals surface area contributed by atoms with Crippen molar-refractivity contribution in [3.05, 3.63) is 29.8 Å². The first-order valence-corrected chi connectivity index (χ1v) is 8.06. The van der Waals surface area contributed by atoms with E-state index in [0.29, 0.717) is 13.1 Å². The molecule has 0 amide bonds. The Kier molecular flexibility index (Phi) is 4.44. The molecule has 0 spiro atoms. The second kappa shape index (κ2) is 5.90. The molecule has 0 saturated heterocycles. The average Bonchev–Trinajstić information content (AvgIpc) is 2.71. The fourth-order valence-corrected chi connectivity index (χ4v) is 3.37. The Morgan fingerprint density at radius 1 is 1.32 bits per heavy atom. The van der Waals surface area contributed by atoms with Crippen LogP contribution in [0.1, 0.15) is 19.4 Å². The van der Waals surface area contributed by atoms with Crippen molar-refractivity contribution in [2.75, 3.05) is 24.5 Å². The van der Waals surface area contributed by atoms with Gasteiger partial charge in [0.15, 0.2) is 0 Å². The number of hydrogen-bond acceptors (Lipinski definition) is 3. The Labute approximate surface area is 115 Å². The third-order valence-corrected chi connectivity index (χ3v) is 4.41. The highest BCUT2D eigenvalue weighted by Gasteiger charge is 2.18. The molecule has 1 heterocycles. The molecule has 0 aromatic heterocycles. The highest BCUT2D eigenvalue weighted by Crippen LogP contribution is 2.26. The quantitative estimate of drug-likeness (QED) is 0.815. The van der Waals surface area contributed by atoms with Crippen LogP contribution in [0.5, 0.6) is 0 Å². The van der Waals surface area contributed by atoms with E-state index in [9.17, 15) is 8.42 Å². The summed E-state index contributed by atoms with van der Waals surface area (Å²) < 4.78 is 28.3. The zero-order chi connectivity index (χ0) is 13.9. The molecule has 0 fully saturated rings.